The molecule has 1 saturated carbocycles. The summed E-state index contributed by atoms with van der Waals surface area (Å²) in [6.07, 6.45) is 6.30. The number of carbonyl (C=O) groups is 1. The molecule has 2 unspecified atom stereocenters. The van der Waals surface area contributed by atoms with E-state index in [0.29, 0.717) is 17.2 Å². The van der Waals surface area contributed by atoms with Crippen LogP contribution in [0.1, 0.15) is 48.5 Å². The van der Waals surface area contributed by atoms with Gasteiger partial charge in [0, 0.05) is 25.5 Å². The third-order valence-electron chi connectivity index (χ3n) is 7.23. The molecule has 5 rings (SSSR count). The molecule has 0 radical (unpaired) electrons. The van der Waals surface area contributed by atoms with Crippen LogP contribution in [0.25, 0.3) is 16.7 Å². The summed E-state index contributed by atoms with van der Waals surface area (Å²) in [6.45, 7) is 6.11. The summed E-state index contributed by atoms with van der Waals surface area (Å²) in [7, 11) is 1.76. The van der Waals surface area contributed by atoms with Gasteiger partial charge in [0.25, 0.3) is 5.91 Å². The predicted octanol–water partition coefficient (Wildman–Crippen LogP) is 4.36. The number of hydrogen-bond donors (Lipinski definition) is 1. The molecule has 0 spiro atoms. The van der Waals surface area contributed by atoms with Crippen LogP contribution < -0.4 is 5.32 Å². The molecule has 2 aliphatic rings. The molecule has 2 fully saturated rings. The van der Waals surface area contributed by atoms with Crippen molar-refractivity contribution in [1.82, 2.24) is 19.8 Å². The molecule has 1 N–H and O–H groups in total. The average Bonchev–Trinajstić information content (AvgIpc) is 3.45. The number of nitrogens with zero attached hydrogens (tertiary/aromatic N) is 3. The van der Waals surface area contributed by atoms with Crippen LogP contribution in [-0.2, 0) is 0 Å². The average molecular weight is 421 g/mol. The Morgan fingerprint density at radius 1 is 1.23 bits per heavy atom. The first-order chi connectivity index (χ1) is 14.9. The number of benzene rings is 1. The van der Waals surface area contributed by atoms with Gasteiger partial charge in [-0.1, -0.05) is 0 Å². The first-order valence-electron chi connectivity index (χ1n) is 11.2. The smallest absolute Gasteiger partial charge is 0.256 e. The molecule has 1 saturated heterocycles. The maximum atomic E-state index is 14.2. The first kappa shape index (κ1) is 20.2. The summed E-state index contributed by atoms with van der Waals surface area (Å²) in [4.78, 5) is 19.5. The number of fused-ring (bicyclic) bond motifs is 2. The van der Waals surface area contributed by atoms with E-state index in [4.69, 9.17) is 4.98 Å². The van der Waals surface area contributed by atoms with Gasteiger partial charge in [-0.15, -0.1) is 0 Å². The minimum absolute atomic E-state index is 0.0220. The molecule has 162 valence electrons. The summed E-state index contributed by atoms with van der Waals surface area (Å²) in [5.41, 5.74) is 4.25. The highest BCUT2D eigenvalue weighted by molar-refractivity contribution is 5.98. The van der Waals surface area contributed by atoms with Crippen LogP contribution in [0.5, 0.6) is 0 Å². The molecule has 1 aliphatic carbocycles. The lowest BCUT2D eigenvalue weighted by molar-refractivity contribution is 0.0754. The van der Waals surface area contributed by atoms with Crippen LogP contribution in [-0.4, -0.2) is 46.5 Å². The van der Waals surface area contributed by atoms with E-state index in [1.807, 2.05) is 36.7 Å². The van der Waals surface area contributed by atoms with Gasteiger partial charge in [0.15, 0.2) is 0 Å². The molecule has 6 heteroatoms. The van der Waals surface area contributed by atoms with E-state index in [1.165, 1.54) is 30.5 Å². The molecular formula is C25H29FN4O. The zero-order valence-electron chi connectivity index (χ0n) is 18.3. The van der Waals surface area contributed by atoms with Gasteiger partial charge in [-0.3, -0.25) is 9.78 Å². The van der Waals surface area contributed by atoms with Crippen molar-refractivity contribution in [2.24, 2.45) is 11.8 Å². The fourth-order valence-electron chi connectivity index (χ4n) is 5.32. The number of carbonyl (C=O) groups excluding carboxylic acids is 1. The number of aromatic nitrogens is 2. The van der Waals surface area contributed by atoms with E-state index in [0.717, 1.165) is 36.0 Å². The normalized spacial score (nSPS) is 22.9. The summed E-state index contributed by atoms with van der Waals surface area (Å²) in [5, 5.41) is 3.51. The molecule has 1 aliphatic heterocycles. The van der Waals surface area contributed by atoms with Crippen molar-refractivity contribution in [1.29, 1.82) is 0 Å². The Morgan fingerprint density at radius 3 is 2.68 bits per heavy atom. The maximum Gasteiger partial charge on any atom is 0.256 e. The Bertz CT molecular complexity index is 1130. The van der Waals surface area contributed by atoms with Crippen molar-refractivity contribution < 1.29 is 9.18 Å². The second-order valence-corrected chi connectivity index (χ2v) is 9.34. The quantitative estimate of drug-likeness (QED) is 0.682. The number of nitrogens with one attached hydrogen (secondary N) is 1. The highest BCUT2D eigenvalue weighted by Gasteiger charge is 2.39. The van der Waals surface area contributed by atoms with Crippen LogP contribution in [0.2, 0.25) is 0 Å². The Morgan fingerprint density at radius 2 is 1.97 bits per heavy atom. The second-order valence-electron chi connectivity index (χ2n) is 9.34. The molecule has 1 aromatic carbocycles. The number of amides is 1. The Kier molecular flexibility index (Phi) is 5.05. The third kappa shape index (κ3) is 3.43. The summed E-state index contributed by atoms with van der Waals surface area (Å²) in [5.74, 6) is 1.34. The zero-order valence-corrected chi connectivity index (χ0v) is 18.3. The van der Waals surface area contributed by atoms with E-state index < -0.39 is 5.82 Å². The molecule has 3 heterocycles. The van der Waals surface area contributed by atoms with Crippen LogP contribution in [0.4, 0.5) is 4.39 Å². The van der Waals surface area contributed by atoms with Gasteiger partial charge in [0.05, 0.1) is 22.3 Å². The monoisotopic (exact) mass is 420 g/mol. The van der Waals surface area contributed by atoms with Crippen LogP contribution in [0, 0.1) is 17.7 Å². The largest absolute Gasteiger partial charge is 0.339 e. The lowest BCUT2D eigenvalue weighted by Gasteiger charge is -2.23. The fourth-order valence-corrected chi connectivity index (χ4v) is 5.32. The van der Waals surface area contributed by atoms with E-state index >= 15 is 0 Å². The minimum Gasteiger partial charge on any atom is -0.339 e. The van der Waals surface area contributed by atoms with Crippen molar-refractivity contribution in [2.75, 3.05) is 20.1 Å². The molecule has 2 atom stereocenters. The number of pyridine rings is 1. The molecule has 1 amide bonds. The highest BCUT2D eigenvalue weighted by atomic mass is 19.1. The van der Waals surface area contributed by atoms with Gasteiger partial charge in [-0.05, 0) is 93.4 Å². The van der Waals surface area contributed by atoms with Crippen molar-refractivity contribution >= 4 is 16.9 Å². The Hall–Kier alpha value is -2.73. The van der Waals surface area contributed by atoms with Crippen LogP contribution in [0.15, 0.2) is 42.7 Å². The van der Waals surface area contributed by atoms with Gasteiger partial charge in [0.2, 0.25) is 0 Å². The number of hydrogen-bond acceptors (Lipinski definition) is 3. The van der Waals surface area contributed by atoms with Crippen LogP contribution >= 0.6 is 0 Å². The lowest BCUT2D eigenvalue weighted by atomic mass is 9.97. The van der Waals surface area contributed by atoms with Crippen molar-refractivity contribution in [3.63, 3.8) is 0 Å². The number of rotatable bonds is 4. The Labute approximate surface area is 182 Å². The molecule has 2 aromatic heterocycles. The molecule has 5 nitrogen and oxygen atoms in total. The second kappa shape index (κ2) is 7.75. The van der Waals surface area contributed by atoms with Gasteiger partial charge < -0.3 is 14.8 Å². The van der Waals surface area contributed by atoms with Crippen molar-refractivity contribution in [2.45, 2.75) is 38.6 Å². The fraction of sp³-hybridized carbons (Fsp3) is 0.440. The Balaban J connectivity index is 1.63. The highest BCUT2D eigenvalue weighted by Crippen LogP contribution is 2.46. The van der Waals surface area contributed by atoms with E-state index in [9.17, 15) is 9.18 Å². The summed E-state index contributed by atoms with van der Waals surface area (Å²) in [6, 6.07) is 8.46. The topological polar surface area (TPSA) is 50.2 Å². The van der Waals surface area contributed by atoms with Gasteiger partial charge in [0.1, 0.15) is 5.82 Å². The molecule has 0 bridgehead atoms. The van der Waals surface area contributed by atoms with Gasteiger partial charge in [-0.2, -0.15) is 0 Å². The predicted molar refractivity (Wildman–Crippen MR) is 120 cm³/mol. The number of halogens is 1. The summed E-state index contributed by atoms with van der Waals surface area (Å²) >= 11 is 0. The van der Waals surface area contributed by atoms with Crippen molar-refractivity contribution in [3.8, 4) is 5.69 Å². The van der Waals surface area contributed by atoms with E-state index in [-0.39, 0.29) is 11.9 Å². The standard InChI is InChI=1S/C25H29FN4O/c1-15(2)29(3)25(31)20-11-19(26)6-7-22(20)30-14-21(24-23(30)5-4-8-28-24)16-9-17-12-27-13-18(17)10-16/h4-8,11,14-18,27H,9-10,12-13H2,1-3H3. The van der Waals surface area contributed by atoms with E-state index in [2.05, 4.69) is 11.5 Å². The van der Waals surface area contributed by atoms with E-state index in [1.54, 1.807) is 18.0 Å². The van der Waals surface area contributed by atoms with Gasteiger partial charge in [-0.25, -0.2) is 4.39 Å². The molecule has 3 aromatic rings. The third-order valence-corrected chi connectivity index (χ3v) is 7.23. The maximum absolute atomic E-state index is 14.2. The SMILES string of the molecule is CC(C)N(C)C(=O)c1cc(F)ccc1-n1cc(C2CC3CNCC3C2)c2ncccc21. The first-order valence-corrected chi connectivity index (χ1v) is 11.2. The minimum atomic E-state index is -0.407. The summed E-state index contributed by atoms with van der Waals surface area (Å²) < 4.78 is 16.2. The van der Waals surface area contributed by atoms with Crippen molar-refractivity contribution in [3.05, 3.63) is 59.7 Å². The van der Waals surface area contributed by atoms with Gasteiger partial charge >= 0.3 is 0 Å². The lowest BCUT2D eigenvalue weighted by Crippen LogP contribution is -2.33. The van der Waals surface area contributed by atoms with Crippen LogP contribution in [0.3, 0.4) is 0 Å². The zero-order chi connectivity index (χ0) is 21.7. The molecular weight excluding hydrogens is 391 g/mol. The molecule has 31 heavy (non-hydrogen) atoms.